The Kier molecular flexibility index (Phi) is 6.50. The van der Waals surface area contributed by atoms with E-state index in [9.17, 15) is 14.7 Å². The second kappa shape index (κ2) is 8.81. The molecule has 2 aromatic carbocycles. The van der Waals surface area contributed by atoms with E-state index in [1.54, 1.807) is 35.7 Å². The van der Waals surface area contributed by atoms with Gasteiger partial charge in [0.2, 0.25) is 0 Å². The standard InChI is InChI=1S/C18H20N2O5/c1-25-15-8-6-13(7-9-15)10-20(12-17(21)19-24)11-14-4-2-3-5-16(14)18(22)23/h2-9,24H,10-12H2,1H3,(H,19,21)(H,22,23). The maximum atomic E-state index is 11.6. The second-order valence-corrected chi connectivity index (χ2v) is 5.49. The van der Waals surface area contributed by atoms with Crippen molar-refractivity contribution in [3.63, 3.8) is 0 Å². The molecular formula is C18H20N2O5. The van der Waals surface area contributed by atoms with E-state index in [2.05, 4.69) is 0 Å². The molecule has 2 aromatic rings. The molecule has 0 heterocycles. The molecule has 132 valence electrons. The molecule has 0 aliphatic rings. The number of hydrogen-bond donors (Lipinski definition) is 3. The summed E-state index contributed by atoms with van der Waals surface area (Å²) >= 11 is 0. The van der Waals surface area contributed by atoms with Crippen LogP contribution in [0, 0.1) is 0 Å². The molecule has 7 heteroatoms. The number of ether oxygens (including phenoxy) is 1. The first kappa shape index (κ1) is 18.4. The average molecular weight is 344 g/mol. The zero-order chi connectivity index (χ0) is 18.2. The number of hydroxylamine groups is 1. The number of carboxylic acids is 1. The van der Waals surface area contributed by atoms with Gasteiger partial charge < -0.3 is 9.84 Å². The first-order valence-electron chi connectivity index (χ1n) is 7.63. The molecule has 0 aliphatic heterocycles. The smallest absolute Gasteiger partial charge is 0.336 e. The van der Waals surface area contributed by atoms with E-state index >= 15 is 0 Å². The minimum absolute atomic E-state index is 0.0729. The number of nitrogens with zero attached hydrogens (tertiary/aromatic N) is 1. The van der Waals surface area contributed by atoms with Gasteiger partial charge in [0.15, 0.2) is 0 Å². The summed E-state index contributed by atoms with van der Waals surface area (Å²) in [5.74, 6) is -0.868. The van der Waals surface area contributed by atoms with Crippen LogP contribution in [0.2, 0.25) is 0 Å². The Balaban J connectivity index is 2.20. The molecule has 25 heavy (non-hydrogen) atoms. The van der Waals surface area contributed by atoms with Crippen LogP contribution in [0.15, 0.2) is 48.5 Å². The van der Waals surface area contributed by atoms with Crippen LogP contribution in [-0.4, -0.2) is 40.7 Å². The molecule has 0 aromatic heterocycles. The molecule has 0 radical (unpaired) electrons. The third kappa shape index (κ3) is 5.30. The molecule has 1 amide bonds. The van der Waals surface area contributed by atoms with Gasteiger partial charge in [0.25, 0.3) is 5.91 Å². The Labute approximate surface area is 145 Å². The number of aromatic carboxylic acids is 1. The molecule has 0 unspecified atom stereocenters. The fraction of sp³-hybridized carbons (Fsp3) is 0.222. The molecule has 2 rings (SSSR count). The zero-order valence-electron chi connectivity index (χ0n) is 13.8. The fourth-order valence-electron chi connectivity index (χ4n) is 2.50. The van der Waals surface area contributed by atoms with Gasteiger partial charge in [-0.3, -0.25) is 14.9 Å². The summed E-state index contributed by atoms with van der Waals surface area (Å²) in [6, 6.07) is 14.0. The first-order valence-corrected chi connectivity index (χ1v) is 7.63. The van der Waals surface area contributed by atoms with Crippen LogP contribution in [0.4, 0.5) is 0 Å². The minimum atomic E-state index is -1.02. The van der Waals surface area contributed by atoms with Crippen molar-refractivity contribution >= 4 is 11.9 Å². The van der Waals surface area contributed by atoms with Gasteiger partial charge in [0, 0.05) is 13.1 Å². The number of hydrogen-bond acceptors (Lipinski definition) is 5. The molecule has 7 nitrogen and oxygen atoms in total. The van der Waals surface area contributed by atoms with E-state index < -0.39 is 11.9 Å². The largest absolute Gasteiger partial charge is 0.497 e. The highest BCUT2D eigenvalue weighted by Gasteiger charge is 2.16. The molecule has 3 N–H and O–H groups in total. The fourth-order valence-corrected chi connectivity index (χ4v) is 2.50. The van der Waals surface area contributed by atoms with Crippen LogP contribution in [0.3, 0.4) is 0 Å². The van der Waals surface area contributed by atoms with Crippen molar-refractivity contribution in [3.8, 4) is 5.75 Å². The summed E-state index contributed by atoms with van der Waals surface area (Å²) in [7, 11) is 1.58. The highest BCUT2D eigenvalue weighted by atomic mass is 16.5. The lowest BCUT2D eigenvalue weighted by Gasteiger charge is -2.22. The number of amides is 1. The lowest BCUT2D eigenvalue weighted by molar-refractivity contribution is -0.130. The summed E-state index contributed by atoms with van der Waals surface area (Å²) in [5.41, 5.74) is 3.31. The van der Waals surface area contributed by atoms with E-state index in [1.807, 2.05) is 24.3 Å². The first-order chi connectivity index (χ1) is 12.0. The van der Waals surface area contributed by atoms with E-state index in [-0.39, 0.29) is 18.7 Å². The number of rotatable bonds is 8. The lowest BCUT2D eigenvalue weighted by Crippen LogP contribution is -2.35. The van der Waals surface area contributed by atoms with Gasteiger partial charge in [-0.15, -0.1) is 0 Å². The van der Waals surface area contributed by atoms with Crippen LogP contribution < -0.4 is 10.2 Å². The predicted molar refractivity (Wildman–Crippen MR) is 90.4 cm³/mol. The molecule has 0 bridgehead atoms. The number of nitrogens with one attached hydrogen (secondary N) is 1. The number of benzene rings is 2. The van der Waals surface area contributed by atoms with E-state index in [4.69, 9.17) is 9.94 Å². The number of carbonyl (C=O) groups excluding carboxylic acids is 1. The van der Waals surface area contributed by atoms with Crippen molar-refractivity contribution in [2.24, 2.45) is 0 Å². The monoisotopic (exact) mass is 344 g/mol. The minimum Gasteiger partial charge on any atom is -0.497 e. The van der Waals surface area contributed by atoms with Crippen molar-refractivity contribution in [1.29, 1.82) is 0 Å². The van der Waals surface area contributed by atoms with Crippen LogP contribution in [-0.2, 0) is 17.9 Å². The summed E-state index contributed by atoms with van der Waals surface area (Å²) < 4.78 is 5.12. The predicted octanol–water partition coefficient (Wildman–Crippen LogP) is 1.90. The van der Waals surface area contributed by atoms with Crippen LogP contribution >= 0.6 is 0 Å². The number of methoxy groups -OCH3 is 1. The van der Waals surface area contributed by atoms with Gasteiger partial charge in [-0.25, -0.2) is 10.3 Å². The van der Waals surface area contributed by atoms with Gasteiger partial charge >= 0.3 is 5.97 Å². The summed E-state index contributed by atoms with van der Waals surface area (Å²) in [4.78, 5) is 24.7. The number of carboxylic acid groups (broad SMARTS) is 1. The van der Waals surface area contributed by atoms with Crippen molar-refractivity contribution in [1.82, 2.24) is 10.4 Å². The molecular weight excluding hydrogens is 324 g/mol. The van der Waals surface area contributed by atoms with E-state index in [0.29, 0.717) is 12.1 Å². The third-order valence-electron chi connectivity index (χ3n) is 3.70. The van der Waals surface area contributed by atoms with E-state index in [1.165, 1.54) is 6.07 Å². The van der Waals surface area contributed by atoms with Crippen molar-refractivity contribution in [2.45, 2.75) is 13.1 Å². The molecule has 0 saturated carbocycles. The summed E-state index contributed by atoms with van der Waals surface area (Å²) in [6.07, 6.45) is 0. The van der Waals surface area contributed by atoms with Crippen molar-refractivity contribution < 1.29 is 24.6 Å². The van der Waals surface area contributed by atoms with Gasteiger partial charge in [-0.2, -0.15) is 0 Å². The Morgan fingerprint density at radius 3 is 2.36 bits per heavy atom. The van der Waals surface area contributed by atoms with Crippen LogP contribution in [0.1, 0.15) is 21.5 Å². The highest BCUT2D eigenvalue weighted by molar-refractivity contribution is 5.89. The Morgan fingerprint density at radius 1 is 1.08 bits per heavy atom. The summed E-state index contributed by atoms with van der Waals surface area (Å²) in [5, 5.41) is 18.1. The van der Waals surface area contributed by atoms with Crippen LogP contribution in [0.25, 0.3) is 0 Å². The molecule has 0 fully saturated rings. The van der Waals surface area contributed by atoms with Gasteiger partial charge in [0.05, 0.1) is 19.2 Å². The normalized spacial score (nSPS) is 10.5. The Hall–Kier alpha value is -2.90. The molecule has 0 aliphatic carbocycles. The maximum Gasteiger partial charge on any atom is 0.336 e. The second-order valence-electron chi connectivity index (χ2n) is 5.49. The quantitative estimate of drug-likeness (QED) is 0.500. The third-order valence-corrected chi connectivity index (χ3v) is 3.70. The van der Waals surface area contributed by atoms with Crippen LogP contribution in [0.5, 0.6) is 5.75 Å². The molecule has 0 atom stereocenters. The molecule has 0 saturated heterocycles. The van der Waals surface area contributed by atoms with Gasteiger partial charge in [-0.05, 0) is 29.3 Å². The molecule has 0 spiro atoms. The van der Waals surface area contributed by atoms with Gasteiger partial charge in [0.1, 0.15) is 5.75 Å². The van der Waals surface area contributed by atoms with E-state index in [0.717, 1.165) is 11.3 Å². The number of carbonyl (C=O) groups is 2. The summed E-state index contributed by atoms with van der Waals surface area (Å²) in [6.45, 7) is 0.587. The topological polar surface area (TPSA) is 99.1 Å². The SMILES string of the molecule is COc1ccc(CN(CC(=O)NO)Cc2ccccc2C(=O)O)cc1. The Morgan fingerprint density at radius 2 is 1.76 bits per heavy atom. The highest BCUT2D eigenvalue weighted by Crippen LogP contribution is 2.16. The lowest BCUT2D eigenvalue weighted by atomic mass is 10.1. The Bertz CT molecular complexity index is 731. The van der Waals surface area contributed by atoms with Gasteiger partial charge in [-0.1, -0.05) is 30.3 Å². The zero-order valence-corrected chi connectivity index (χ0v) is 13.8. The van der Waals surface area contributed by atoms with Crippen molar-refractivity contribution in [2.75, 3.05) is 13.7 Å². The maximum absolute atomic E-state index is 11.6. The van der Waals surface area contributed by atoms with Crippen molar-refractivity contribution in [3.05, 3.63) is 65.2 Å². The average Bonchev–Trinajstić information content (AvgIpc) is 2.62.